The van der Waals surface area contributed by atoms with E-state index in [1.165, 1.54) is 11.6 Å². The number of rotatable bonds is 5. The molecule has 0 saturated carbocycles. The first-order valence-electron chi connectivity index (χ1n) is 9.32. The molecule has 0 bridgehead atoms. The molecule has 2 aromatic rings. The van der Waals surface area contributed by atoms with E-state index < -0.39 is 0 Å². The maximum Gasteiger partial charge on any atom is 0.245 e. The predicted molar refractivity (Wildman–Crippen MR) is 105 cm³/mol. The largest absolute Gasteiger partial charge is 0.467 e. The number of furan rings is 1. The monoisotopic (exact) mass is 366 g/mol. The van der Waals surface area contributed by atoms with Crippen LogP contribution in [0.5, 0.6) is 0 Å². The van der Waals surface area contributed by atoms with Crippen molar-refractivity contribution >= 4 is 17.5 Å². The van der Waals surface area contributed by atoms with Crippen molar-refractivity contribution in [1.29, 1.82) is 0 Å². The molecule has 5 nitrogen and oxygen atoms in total. The Morgan fingerprint density at radius 1 is 1.22 bits per heavy atom. The van der Waals surface area contributed by atoms with Gasteiger partial charge in [-0.1, -0.05) is 12.6 Å². The molecule has 0 unspecified atom stereocenters. The first kappa shape index (κ1) is 19.0. The Labute approximate surface area is 160 Å². The second-order valence-corrected chi connectivity index (χ2v) is 7.08. The summed E-state index contributed by atoms with van der Waals surface area (Å²) in [6, 6.07) is 9.79. The van der Waals surface area contributed by atoms with Crippen LogP contribution in [0.3, 0.4) is 0 Å². The van der Waals surface area contributed by atoms with E-state index in [4.69, 9.17) is 4.42 Å². The number of likely N-dealkylation sites (tertiary alicyclic amines) is 1. The van der Waals surface area contributed by atoms with Gasteiger partial charge in [-0.3, -0.25) is 9.59 Å². The van der Waals surface area contributed by atoms with Gasteiger partial charge < -0.3 is 14.2 Å². The molecule has 2 amide bonds. The molecular formula is C22H26N2O3. The van der Waals surface area contributed by atoms with Crippen LogP contribution in [0.1, 0.15) is 29.7 Å². The Balaban J connectivity index is 1.80. The second-order valence-electron chi connectivity index (χ2n) is 7.08. The van der Waals surface area contributed by atoms with Gasteiger partial charge in [0.1, 0.15) is 5.76 Å². The third-order valence-electron chi connectivity index (χ3n) is 5.29. The zero-order valence-electron chi connectivity index (χ0n) is 16.0. The van der Waals surface area contributed by atoms with Crippen LogP contribution in [-0.2, 0) is 16.1 Å². The summed E-state index contributed by atoms with van der Waals surface area (Å²) in [5.74, 6) is 0.666. The fraction of sp³-hybridized carbons (Fsp3) is 0.364. The summed E-state index contributed by atoms with van der Waals surface area (Å²) in [4.78, 5) is 28.7. The molecule has 0 atom stereocenters. The summed E-state index contributed by atoms with van der Waals surface area (Å²) < 4.78 is 5.48. The van der Waals surface area contributed by atoms with Crippen molar-refractivity contribution < 1.29 is 14.0 Å². The fourth-order valence-corrected chi connectivity index (χ4v) is 3.44. The lowest BCUT2D eigenvalue weighted by Crippen LogP contribution is -2.44. The van der Waals surface area contributed by atoms with Gasteiger partial charge in [-0.15, -0.1) is 0 Å². The highest BCUT2D eigenvalue weighted by Gasteiger charge is 2.31. The van der Waals surface area contributed by atoms with Crippen molar-refractivity contribution in [2.24, 2.45) is 5.92 Å². The highest BCUT2D eigenvalue weighted by atomic mass is 16.3. The van der Waals surface area contributed by atoms with Crippen molar-refractivity contribution in [2.45, 2.75) is 33.2 Å². The summed E-state index contributed by atoms with van der Waals surface area (Å²) in [5.41, 5.74) is 3.22. The van der Waals surface area contributed by atoms with Gasteiger partial charge in [-0.05, 0) is 68.2 Å². The van der Waals surface area contributed by atoms with Crippen LogP contribution in [-0.4, -0.2) is 29.8 Å². The maximum absolute atomic E-state index is 13.3. The van der Waals surface area contributed by atoms with E-state index in [0.717, 1.165) is 17.0 Å². The van der Waals surface area contributed by atoms with Gasteiger partial charge in [0.15, 0.2) is 0 Å². The fourth-order valence-electron chi connectivity index (χ4n) is 3.44. The van der Waals surface area contributed by atoms with Gasteiger partial charge in [0.2, 0.25) is 11.8 Å². The minimum Gasteiger partial charge on any atom is -0.467 e. The normalized spacial score (nSPS) is 14.8. The number of anilines is 1. The number of benzene rings is 1. The lowest BCUT2D eigenvalue weighted by molar-refractivity contribution is -0.131. The van der Waals surface area contributed by atoms with Crippen molar-refractivity contribution in [3.63, 3.8) is 0 Å². The highest BCUT2D eigenvalue weighted by molar-refractivity contribution is 5.95. The first-order valence-corrected chi connectivity index (χ1v) is 9.32. The van der Waals surface area contributed by atoms with E-state index in [1.54, 1.807) is 16.1 Å². The van der Waals surface area contributed by atoms with Crippen LogP contribution >= 0.6 is 0 Å². The third-order valence-corrected chi connectivity index (χ3v) is 5.29. The van der Waals surface area contributed by atoms with Gasteiger partial charge in [0.25, 0.3) is 0 Å². The van der Waals surface area contributed by atoms with Gasteiger partial charge in [-0.25, -0.2) is 0 Å². The number of carbonyl (C=O) groups is 2. The number of amides is 2. The van der Waals surface area contributed by atoms with E-state index in [9.17, 15) is 9.59 Å². The quantitative estimate of drug-likeness (QED) is 0.755. The molecule has 1 aliphatic rings. The minimum atomic E-state index is -0.101. The predicted octanol–water partition coefficient (Wildman–Crippen LogP) is 3.85. The topological polar surface area (TPSA) is 53.8 Å². The van der Waals surface area contributed by atoms with Gasteiger partial charge in [0.05, 0.1) is 12.8 Å². The molecule has 5 heteroatoms. The molecule has 27 heavy (non-hydrogen) atoms. The Morgan fingerprint density at radius 2 is 1.96 bits per heavy atom. The Bertz CT molecular complexity index is 818. The Morgan fingerprint density at radius 3 is 2.56 bits per heavy atom. The number of hydrogen-bond donors (Lipinski definition) is 0. The molecule has 1 saturated heterocycles. The van der Waals surface area contributed by atoms with E-state index >= 15 is 0 Å². The van der Waals surface area contributed by atoms with Gasteiger partial charge in [0, 0.05) is 24.7 Å². The number of carbonyl (C=O) groups excluding carboxylic acids is 2. The van der Waals surface area contributed by atoms with Gasteiger partial charge >= 0.3 is 0 Å². The summed E-state index contributed by atoms with van der Waals surface area (Å²) in [7, 11) is 0. The van der Waals surface area contributed by atoms with Crippen LogP contribution < -0.4 is 4.90 Å². The highest BCUT2D eigenvalue weighted by Crippen LogP contribution is 2.27. The lowest BCUT2D eigenvalue weighted by atomic mass is 9.94. The average Bonchev–Trinajstić information content (AvgIpc) is 3.20. The van der Waals surface area contributed by atoms with E-state index in [2.05, 4.69) is 13.5 Å². The molecule has 3 rings (SSSR count). The van der Waals surface area contributed by atoms with E-state index in [1.807, 2.05) is 37.3 Å². The van der Waals surface area contributed by atoms with Crippen LogP contribution in [0.25, 0.3) is 0 Å². The summed E-state index contributed by atoms with van der Waals surface area (Å²) in [6.07, 6.45) is 4.29. The molecule has 0 aliphatic carbocycles. The van der Waals surface area contributed by atoms with Crippen molar-refractivity contribution in [3.05, 3.63) is 66.1 Å². The number of nitrogens with zero attached hydrogens (tertiary/aromatic N) is 2. The minimum absolute atomic E-state index is 0.0671. The third kappa shape index (κ3) is 4.30. The van der Waals surface area contributed by atoms with Crippen LogP contribution in [0.4, 0.5) is 5.69 Å². The molecule has 2 heterocycles. The second kappa shape index (κ2) is 8.25. The van der Waals surface area contributed by atoms with Crippen LogP contribution in [0, 0.1) is 19.8 Å². The SMILES string of the molecule is C=CC(=O)N1CCC(C(=O)N(Cc2ccco2)c2ccc(C)c(C)c2)CC1. The Kier molecular flexibility index (Phi) is 5.79. The molecular weight excluding hydrogens is 340 g/mol. The number of hydrogen-bond acceptors (Lipinski definition) is 3. The molecule has 1 aromatic carbocycles. The van der Waals surface area contributed by atoms with Crippen molar-refractivity contribution in [2.75, 3.05) is 18.0 Å². The molecule has 0 spiro atoms. The van der Waals surface area contributed by atoms with E-state index in [-0.39, 0.29) is 17.7 Å². The lowest BCUT2D eigenvalue weighted by Gasteiger charge is -2.34. The molecule has 142 valence electrons. The Hall–Kier alpha value is -2.82. The number of aryl methyl sites for hydroxylation is 2. The summed E-state index contributed by atoms with van der Waals surface area (Å²) in [5, 5.41) is 0. The van der Waals surface area contributed by atoms with Crippen LogP contribution in [0.2, 0.25) is 0 Å². The molecule has 1 aliphatic heterocycles. The summed E-state index contributed by atoms with van der Waals surface area (Å²) >= 11 is 0. The van der Waals surface area contributed by atoms with Gasteiger partial charge in [-0.2, -0.15) is 0 Å². The zero-order valence-corrected chi connectivity index (χ0v) is 16.0. The molecule has 1 fully saturated rings. The van der Waals surface area contributed by atoms with Crippen LogP contribution in [0.15, 0.2) is 53.7 Å². The standard InChI is InChI=1S/C22H26N2O3/c1-4-21(25)23-11-9-18(10-12-23)22(26)24(15-20-6-5-13-27-20)19-8-7-16(2)17(3)14-19/h4-8,13-14,18H,1,9-12,15H2,2-3H3. The zero-order chi connectivity index (χ0) is 19.4. The smallest absolute Gasteiger partial charge is 0.245 e. The molecule has 1 aromatic heterocycles. The first-order chi connectivity index (χ1) is 13.0. The molecule has 0 radical (unpaired) electrons. The molecule has 0 N–H and O–H groups in total. The maximum atomic E-state index is 13.3. The number of piperidine rings is 1. The van der Waals surface area contributed by atoms with Crippen molar-refractivity contribution in [3.8, 4) is 0 Å². The van der Waals surface area contributed by atoms with E-state index in [0.29, 0.717) is 32.5 Å². The summed E-state index contributed by atoms with van der Waals surface area (Å²) in [6.45, 7) is 9.22. The average molecular weight is 366 g/mol. The van der Waals surface area contributed by atoms with Crippen molar-refractivity contribution in [1.82, 2.24) is 4.90 Å².